The van der Waals surface area contributed by atoms with Gasteiger partial charge in [-0.15, -0.1) is 0 Å². The highest BCUT2D eigenvalue weighted by molar-refractivity contribution is 6.15. The number of methoxy groups -OCH3 is 1. The average Bonchev–Trinajstić information content (AvgIpc) is 2.92. The van der Waals surface area contributed by atoms with Crippen LogP contribution in [-0.4, -0.2) is 30.1 Å². The van der Waals surface area contributed by atoms with E-state index in [0.29, 0.717) is 28.6 Å². The molecule has 0 unspecified atom stereocenters. The van der Waals surface area contributed by atoms with Crippen LogP contribution in [0.4, 0.5) is 21.9 Å². The topological polar surface area (TPSA) is 65.1 Å². The molecule has 0 atom stereocenters. The molecule has 0 bridgehead atoms. The second kappa shape index (κ2) is 6.35. The highest BCUT2D eigenvalue weighted by Crippen LogP contribution is 2.40. The van der Waals surface area contributed by atoms with Crippen LogP contribution in [-0.2, 0) is 4.79 Å². The maximum Gasteiger partial charge on any atom is 0.349 e. The van der Waals surface area contributed by atoms with Crippen molar-refractivity contribution in [2.45, 2.75) is 19.9 Å². The molecule has 0 radical (unpaired) electrons. The molecule has 0 aromatic heterocycles. The molecule has 4 rings (SSSR count). The zero-order chi connectivity index (χ0) is 19.1. The molecule has 1 saturated heterocycles. The molecule has 3 amide bonds. The van der Waals surface area contributed by atoms with Crippen LogP contribution in [0.2, 0.25) is 0 Å². The van der Waals surface area contributed by atoms with Gasteiger partial charge in [-0.2, -0.15) is 0 Å². The number of hydrogen-bond donors (Lipinski definition) is 1. The number of rotatable bonds is 3. The van der Waals surface area contributed by atoms with E-state index < -0.39 is 0 Å². The van der Waals surface area contributed by atoms with Crippen LogP contribution in [0.5, 0.6) is 5.75 Å². The Balaban J connectivity index is 1.88. The molecule has 1 N–H and O–H groups in total. The first-order chi connectivity index (χ1) is 13.0. The molecule has 0 spiro atoms. The van der Waals surface area contributed by atoms with Crippen molar-refractivity contribution in [3.05, 3.63) is 60.4 Å². The fourth-order valence-electron chi connectivity index (χ4n) is 3.27. The van der Waals surface area contributed by atoms with E-state index in [0.717, 1.165) is 0 Å². The lowest BCUT2D eigenvalue weighted by molar-refractivity contribution is -0.113. The van der Waals surface area contributed by atoms with Crippen LogP contribution in [0, 0.1) is 0 Å². The average molecular weight is 364 g/mol. The number of anilines is 3. The predicted octanol–water partition coefficient (Wildman–Crippen LogP) is 3.37. The van der Waals surface area contributed by atoms with Crippen LogP contribution in [0.25, 0.3) is 0 Å². The molecule has 27 heavy (non-hydrogen) atoms. The standard InChI is InChI=1S/C20H20N4O3/c1-13(2)24-20(26)23-17-10-5-4-9-16(17)22(19(25)12-18(23)21-24)14-7-6-8-15(11-14)27-3/h4-13,21H,1-3H3. The lowest BCUT2D eigenvalue weighted by atomic mass is 10.2. The number of urea groups is 1. The van der Waals surface area contributed by atoms with Gasteiger partial charge >= 0.3 is 6.03 Å². The molecule has 2 aromatic rings. The summed E-state index contributed by atoms with van der Waals surface area (Å²) in [7, 11) is 1.58. The summed E-state index contributed by atoms with van der Waals surface area (Å²) in [5.41, 5.74) is 4.98. The van der Waals surface area contributed by atoms with Gasteiger partial charge in [0.2, 0.25) is 0 Å². The summed E-state index contributed by atoms with van der Waals surface area (Å²) in [4.78, 5) is 29.2. The summed E-state index contributed by atoms with van der Waals surface area (Å²) >= 11 is 0. The fourth-order valence-corrected chi connectivity index (χ4v) is 3.27. The van der Waals surface area contributed by atoms with Crippen molar-refractivity contribution in [1.82, 2.24) is 10.4 Å². The number of amides is 3. The van der Waals surface area contributed by atoms with Gasteiger partial charge in [0.15, 0.2) is 0 Å². The van der Waals surface area contributed by atoms with E-state index in [1.807, 2.05) is 56.3 Å². The lowest BCUT2D eigenvalue weighted by Gasteiger charge is -2.25. The second-order valence-corrected chi connectivity index (χ2v) is 6.59. The van der Waals surface area contributed by atoms with Gasteiger partial charge < -0.3 is 4.74 Å². The Morgan fingerprint density at radius 3 is 2.33 bits per heavy atom. The van der Waals surface area contributed by atoms with Crippen molar-refractivity contribution in [3.63, 3.8) is 0 Å². The summed E-state index contributed by atoms with van der Waals surface area (Å²) < 4.78 is 5.30. The molecule has 1 fully saturated rings. The molecule has 0 saturated carbocycles. The van der Waals surface area contributed by atoms with Crippen molar-refractivity contribution in [3.8, 4) is 5.75 Å². The van der Waals surface area contributed by atoms with Crippen molar-refractivity contribution in [2.24, 2.45) is 0 Å². The molecule has 2 heterocycles. The van der Waals surface area contributed by atoms with E-state index >= 15 is 0 Å². The SMILES string of the molecule is COc1cccc(N2C(=O)C=C3NN(C(C)C)C(=O)N3c3ccccc32)c1. The Morgan fingerprint density at radius 1 is 0.963 bits per heavy atom. The zero-order valence-electron chi connectivity index (χ0n) is 15.3. The third kappa shape index (κ3) is 2.68. The zero-order valence-corrected chi connectivity index (χ0v) is 15.3. The van der Waals surface area contributed by atoms with Crippen molar-refractivity contribution in [1.29, 1.82) is 0 Å². The Labute approximate surface area is 157 Å². The van der Waals surface area contributed by atoms with Gasteiger partial charge in [-0.25, -0.2) is 14.7 Å². The first kappa shape index (κ1) is 17.0. The largest absolute Gasteiger partial charge is 0.497 e. The maximum absolute atomic E-state index is 13.1. The normalized spacial score (nSPS) is 16.0. The van der Waals surface area contributed by atoms with E-state index in [1.54, 1.807) is 18.1 Å². The number of benzene rings is 2. The minimum atomic E-state index is -0.251. The molecule has 2 aliphatic rings. The summed E-state index contributed by atoms with van der Waals surface area (Å²) in [6.07, 6.45) is 1.44. The number of ether oxygens (including phenoxy) is 1. The van der Waals surface area contributed by atoms with E-state index in [-0.39, 0.29) is 18.0 Å². The van der Waals surface area contributed by atoms with Gasteiger partial charge in [0.1, 0.15) is 11.6 Å². The van der Waals surface area contributed by atoms with Crippen LogP contribution < -0.4 is 20.0 Å². The van der Waals surface area contributed by atoms with Gasteiger partial charge in [-0.1, -0.05) is 18.2 Å². The second-order valence-electron chi connectivity index (χ2n) is 6.59. The van der Waals surface area contributed by atoms with Crippen molar-refractivity contribution >= 4 is 29.0 Å². The summed E-state index contributed by atoms with van der Waals surface area (Å²) in [5, 5.41) is 1.51. The molecule has 0 aliphatic carbocycles. The van der Waals surface area contributed by atoms with Gasteiger partial charge in [0, 0.05) is 18.2 Å². The monoisotopic (exact) mass is 364 g/mol. The molecule has 138 valence electrons. The van der Waals surface area contributed by atoms with Gasteiger partial charge in [0.25, 0.3) is 5.91 Å². The molecule has 2 aromatic carbocycles. The Morgan fingerprint density at radius 2 is 1.67 bits per heavy atom. The molecule has 7 heteroatoms. The number of carbonyl (C=O) groups is 2. The smallest absolute Gasteiger partial charge is 0.349 e. The molecule has 2 aliphatic heterocycles. The van der Waals surface area contributed by atoms with Gasteiger partial charge in [-0.3, -0.25) is 15.1 Å². The minimum Gasteiger partial charge on any atom is -0.497 e. The van der Waals surface area contributed by atoms with Crippen molar-refractivity contribution in [2.75, 3.05) is 16.9 Å². The fraction of sp³-hybridized carbons (Fsp3) is 0.200. The van der Waals surface area contributed by atoms with Crippen LogP contribution in [0.3, 0.4) is 0 Å². The van der Waals surface area contributed by atoms with E-state index in [9.17, 15) is 9.59 Å². The Bertz CT molecular complexity index is 954. The summed E-state index contributed by atoms with van der Waals surface area (Å²) in [6.45, 7) is 3.82. The number of hydrazine groups is 1. The van der Waals surface area contributed by atoms with E-state index in [1.165, 1.54) is 16.0 Å². The van der Waals surface area contributed by atoms with Crippen LogP contribution in [0.1, 0.15) is 13.8 Å². The first-order valence-electron chi connectivity index (χ1n) is 8.70. The maximum atomic E-state index is 13.1. The summed E-state index contributed by atoms with van der Waals surface area (Å²) in [5.74, 6) is 0.839. The van der Waals surface area contributed by atoms with Gasteiger partial charge in [0.05, 0.1) is 24.2 Å². The quantitative estimate of drug-likeness (QED) is 0.907. The minimum absolute atomic E-state index is 0.0536. The molecule has 7 nitrogen and oxygen atoms in total. The number of carbonyl (C=O) groups excluding carboxylic acids is 2. The molecular weight excluding hydrogens is 344 g/mol. The van der Waals surface area contributed by atoms with Crippen LogP contribution >= 0.6 is 0 Å². The number of para-hydroxylation sites is 2. The number of hydrogen-bond acceptors (Lipinski definition) is 4. The Hall–Kier alpha value is -3.48. The Kier molecular flexibility index (Phi) is 3.99. The third-order valence-corrected chi connectivity index (χ3v) is 4.55. The van der Waals surface area contributed by atoms with Gasteiger partial charge in [-0.05, 0) is 38.1 Å². The first-order valence-corrected chi connectivity index (χ1v) is 8.70. The van der Waals surface area contributed by atoms with Crippen LogP contribution in [0.15, 0.2) is 60.4 Å². The number of fused-ring (bicyclic) bond motifs is 3. The third-order valence-electron chi connectivity index (χ3n) is 4.55. The lowest BCUT2D eigenvalue weighted by Crippen LogP contribution is -2.41. The summed E-state index contributed by atoms with van der Waals surface area (Å²) in [6, 6.07) is 14.4. The van der Waals surface area contributed by atoms with E-state index in [2.05, 4.69) is 5.43 Å². The predicted molar refractivity (Wildman–Crippen MR) is 103 cm³/mol. The van der Waals surface area contributed by atoms with Crippen molar-refractivity contribution < 1.29 is 14.3 Å². The number of nitrogens with one attached hydrogen (secondary N) is 1. The number of nitrogens with zero attached hydrogens (tertiary/aromatic N) is 3. The highest BCUT2D eigenvalue weighted by Gasteiger charge is 2.40. The molecular formula is C20H20N4O3. The highest BCUT2D eigenvalue weighted by atomic mass is 16.5. The van der Waals surface area contributed by atoms with E-state index in [4.69, 9.17) is 4.74 Å².